The molecule has 4 rings (SSSR count). The topological polar surface area (TPSA) is 60.0 Å². The number of fused-ring (bicyclic) bond motifs is 2. The summed E-state index contributed by atoms with van der Waals surface area (Å²) in [7, 11) is 1.67. The normalized spacial score (nSPS) is 29.3. The Morgan fingerprint density at radius 2 is 2.22 bits per heavy atom. The molecule has 1 amide bonds. The van der Waals surface area contributed by atoms with Crippen LogP contribution in [-0.2, 0) is 16.1 Å². The minimum absolute atomic E-state index is 0.00159. The molecular weight excluding hydrogens is 296 g/mol. The van der Waals surface area contributed by atoms with Gasteiger partial charge in [-0.05, 0) is 43.0 Å². The molecule has 0 radical (unpaired) electrons. The number of piperidine rings is 1. The van der Waals surface area contributed by atoms with Crippen molar-refractivity contribution in [1.82, 2.24) is 10.2 Å². The van der Waals surface area contributed by atoms with Crippen LogP contribution in [0.2, 0.25) is 0 Å². The van der Waals surface area contributed by atoms with Crippen LogP contribution in [0.25, 0.3) is 0 Å². The molecular formula is C17H22N2O4. The fourth-order valence-electron chi connectivity index (χ4n) is 3.77. The van der Waals surface area contributed by atoms with E-state index in [1.807, 2.05) is 6.07 Å². The van der Waals surface area contributed by atoms with Gasteiger partial charge in [0.15, 0.2) is 11.5 Å². The molecule has 3 aliphatic rings. The highest BCUT2D eigenvalue weighted by Crippen LogP contribution is 2.35. The number of hydrogen-bond donors (Lipinski definition) is 1. The molecule has 3 aliphatic heterocycles. The maximum Gasteiger partial charge on any atom is 0.248 e. The third kappa shape index (κ3) is 2.88. The molecule has 124 valence electrons. The first-order valence-corrected chi connectivity index (χ1v) is 8.21. The Balaban J connectivity index is 1.38. The summed E-state index contributed by atoms with van der Waals surface area (Å²) in [4.78, 5) is 14.2. The van der Waals surface area contributed by atoms with E-state index < -0.39 is 0 Å². The first kappa shape index (κ1) is 14.8. The van der Waals surface area contributed by atoms with E-state index in [2.05, 4.69) is 22.3 Å². The van der Waals surface area contributed by atoms with Gasteiger partial charge in [0.25, 0.3) is 0 Å². The lowest BCUT2D eigenvalue weighted by atomic mass is 9.91. The van der Waals surface area contributed by atoms with E-state index in [-0.39, 0.29) is 18.1 Å². The van der Waals surface area contributed by atoms with Crippen LogP contribution in [0.3, 0.4) is 0 Å². The summed E-state index contributed by atoms with van der Waals surface area (Å²) in [6.07, 6.45) is 1.82. The zero-order chi connectivity index (χ0) is 15.8. The van der Waals surface area contributed by atoms with Crippen molar-refractivity contribution in [3.63, 3.8) is 0 Å². The molecule has 2 fully saturated rings. The van der Waals surface area contributed by atoms with Crippen LogP contribution in [0.5, 0.6) is 11.5 Å². The Labute approximate surface area is 135 Å². The second-order valence-electron chi connectivity index (χ2n) is 6.48. The molecule has 0 spiro atoms. The lowest BCUT2D eigenvalue weighted by Gasteiger charge is -2.34. The van der Waals surface area contributed by atoms with E-state index in [0.717, 1.165) is 44.0 Å². The number of nitrogens with zero attached hydrogens (tertiary/aromatic N) is 1. The van der Waals surface area contributed by atoms with E-state index >= 15 is 0 Å². The number of likely N-dealkylation sites (N-methyl/N-ethyl adjacent to an activating group) is 1. The largest absolute Gasteiger partial charge is 0.454 e. The molecule has 2 saturated heterocycles. The van der Waals surface area contributed by atoms with Crippen LogP contribution >= 0.6 is 0 Å². The maximum absolute atomic E-state index is 11.8. The zero-order valence-corrected chi connectivity index (χ0v) is 13.3. The molecule has 6 heteroatoms. The Bertz CT molecular complexity index is 606. The number of likely N-dealkylation sites (tertiary alicyclic amines) is 1. The first-order valence-electron chi connectivity index (χ1n) is 8.21. The summed E-state index contributed by atoms with van der Waals surface area (Å²) in [6, 6.07) is 6.11. The summed E-state index contributed by atoms with van der Waals surface area (Å²) in [5.74, 6) is 2.15. The van der Waals surface area contributed by atoms with Gasteiger partial charge in [0.05, 0.1) is 6.10 Å². The van der Waals surface area contributed by atoms with Gasteiger partial charge >= 0.3 is 0 Å². The second-order valence-corrected chi connectivity index (χ2v) is 6.48. The van der Waals surface area contributed by atoms with Crippen LogP contribution in [0.4, 0.5) is 0 Å². The summed E-state index contributed by atoms with van der Waals surface area (Å²) in [5.41, 5.74) is 1.22. The van der Waals surface area contributed by atoms with E-state index in [1.54, 1.807) is 7.05 Å². The monoisotopic (exact) mass is 318 g/mol. The smallest absolute Gasteiger partial charge is 0.248 e. The van der Waals surface area contributed by atoms with Gasteiger partial charge in [-0.15, -0.1) is 0 Å². The highest BCUT2D eigenvalue weighted by Gasteiger charge is 2.41. The average molecular weight is 318 g/mol. The fourth-order valence-corrected chi connectivity index (χ4v) is 3.77. The van der Waals surface area contributed by atoms with E-state index in [1.165, 1.54) is 5.56 Å². The fraction of sp³-hybridized carbons (Fsp3) is 0.588. The molecule has 6 nitrogen and oxygen atoms in total. The Morgan fingerprint density at radius 3 is 3.09 bits per heavy atom. The third-order valence-corrected chi connectivity index (χ3v) is 5.02. The van der Waals surface area contributed by atoms with Crippen LogP contribution in [-0.4, -0.2) is 49.9 Å². The molecule has 0 bridgehead atoms. The molecule has 23 heavy (non-hydrogen) atoms. The molecule has 3 heterocycles. The van der Waals surface area contributed by atoms with Crippen molar-refractivity contribution < 1.29 is 19.0 Å². The zero-order valence-electron chi connectivity index (χ0n) is 13.3. The quantitative estimate of drug-likeness (QED) is 0.906. The summed E-state index contributed by atoms with van der Waals surface area (Å²) >= 11 is 0. The van der Waals surface area contributed by atoms with E-state index in [9.17, 15) is 4.79 Å². The predicted molar refractivity (Wildman–Crippen MR) is 83.3 cm³/mol. The van der Waals surface area contributed by atoms with Gasteiger partial charge in [-0.1, -0.05) is 6.07 Å². The van der Waals surface area contributed by atoms with Crippen LogP contribution in [0.1, 0.15) is 18.4 Å². The number of amides is 1. The van der Waals surface area contributed by atoms with E-state index in [0.29, 0.717) is 12.7 Å². The van der Waals surface area contributed by atoms with Gasteiger partial charge in [-0.3, -0.25) is 9.69 Å². The van der Waals surface area contributed by atoms with Crippen LogP contribution in [0, 0.1) is 5.92 Å². The molecule has 0 unspecified atom stereocenters. The maximum atomic E-state index is 11.8. The highest BCUT2D eigenvalue weighted by atomic mass is 16.7. The number of carbonyl (C=O) groups excluding carboxylic acids is 1. The van der Waals surface area contributed by atoms with Gasteiger partial charge in [-0.25, -0.2) is 0 Å². The van der Waals surface area contributed by atoms with Crippen LogP contribution in [0.15, 0.2) is 18.2 Å². The third-order valence-electron chi connectivity index (χ3n) is 5.02. The van der Waals surface area contributed by atoms with Gasteiger partial charge in [0, 0.05) is 20.1 Å². The van der Waals surface area contributed by atoms with Crippen molar-refractivity contribution in [3.05, 3.63) is 23.8 Å². The molecule has 1 aromatic carbocycles. The number of hydrogen-bond acceptors (Lipinski definition) is 5. The predicted octanol–water partition coefficient (Wildman–Crippen LogP) is 1.14. The SMILES string of the molecule is CNC(=O)[C@@H]1C[C@@H]2CCN(Cc3ccc4c(c3)OCO4)C[C@H]2O1. The second kappa shape index (κ2) is 6.02. The van der Waals surface area contributed by atoms with Crippen molar-refractivity contribution in [2.45, 2.75) is 31.6 Å². The van der Waals surface area contributed by atoms with Crippen molar-refractivity contribution in [2.75, 3.05) is 26.9 Å². The standard InChI is InChI=1S/C17H22N2O4/c1-18-17(20)15-7-12-4-5-19(9-16(12)23-15)8-11-2-3-13-14(6-11)22-10-21-13/h2-3,6,12,15-16H,4-5,7-10H2,1H3,(H,18,20)/t12-,15-,16+/m0/s1. The number of carbonyl (C=O) groups is 1. The number of benzene rings is 1. The lowest BCUT2D eigenvalue weighted by Crippen LogP contribution is -2.42. The highest BCUT2D eigenvalue weighted by molar-refractivity contribution is 5.80. The lowest BCUT2D eigenvalue weighted by molar-refractivity contribution is -0.132. The number of ether oxygens (including phenoxy) is 3. The Morgan fingerprint density at radius 1 is 1.35 bits per heavy atom. The van der Waals surface area contributed by atoms with Gasteiger partial charge in [-0.2, -0.15) is 0 Å². The van der Waals surface area contributed by atoms with E-state index in [4.69, 9.17) is 14.2 Å². The molecule has 0 aliphatic carbocycles. The first-order chi connectivity index (χ1) is 11.2. The summed E-state index contributed by atoms with van der Waals surface area (Å²) in [6.45, 7) is 3.10. The molecule has 1 N–H and O–H groups in total. The summed E-state index contributed by atoms with van der Waals surface area (Å²) in [5, 5.41) is 2.69. The van der Waals surface area contributed by atoms with Crippen molar-refractivity contribution in [1.29, 1.82) is 0 Å². The van der Waals surface area contributed by atoms with Gasteiger partial charge < -0.3 is 19.5 Å². The Hall–Kier alpha value is -1.79. The molecule has 0 saturated carbocycles. The van der Waals surface area contributed by atoms with Gasteiger partial charge in [0.2, 0.25) is 12.7 Å². The number of rotatable bonds is 3. The minimum Gasteiger partial charge on any atom is -0.454 e. The molecule has 3 atom stereocenters. The molecule has 0 aromatic heterocycles. The minimum atomic E-state index is -0.277. The van der Waals surface area contributed by atoms with Crippen molar-refractivity contribution in [2.24, 2.45) is 5.92 Å². The summed E-state index contributed by atoms with van der Waals surface area (Å²) < 4.78 is 16.8. The van der Waals surface area contributed by atoms with Crippen molar-refractivity contribution in [3.8, 4) is 11.5 Å². The Kier molecular flexibility index (Phi) is 3.87. The number of nitrogens with one attached hydrogen (secondary N) is 1. The van der Waals surface area contributed by atoms with Crippen LogP contribution < -0.4 is 14.8 Å². The van der Waals surface area contributed by atoms with Gasteiger partial charge in [0.1, 0.15) is 6.10 Å². The average Bonchev–Trinajstić information content (AvgIpc) is 3.19. The molecule has 1 aromatic rings. The van der Waals surface area contributed by atoms with Crippen molar-refractivity contribution >= 4 is 5.91 Å².